The van der Waals surface area contributed by atoms with Gasteiger partial charge in [0, 0.05) is 42.1 Å². The van der Waals surface area contributed by atoms with E-state index in [4.69, 9.17) is 4.98 Å². The highest BCUT2D eigenvalue weighted by molar-refractivity contribution is 7.90. The van der Waals surface area contributed by atoms with Gasteiger partial charge < -0.3 is 10.2 Å². The Kier molecular flexibility index (Phi) is 9.86. The van der Waals surface area contributed by atoms with E-state index in [-0.39, 0.29) is 33.4 Å². The Hall–Kier alpha value is -3.79. The number of nitrogens with zero attached hydrogens (tertiary/aromatic N) is 3. The molecule has 5 rings (SSSR count). The maximum absolute atomic E-state index is 13.6. The zero-order chi connectivity index (χ0) is 33.1. The Balaban J connectivity index is 1.40. The van der Waals surface area contributed by atoms with Crippen LogP contribution in [0.15, 0.2) is 65.7 Å². The van der Waals surface area contributed by atoms with Crippen molar-refractivity contribution in [2.45, 2.75) is 108 Å². The second-order valence-electron chi connectivity index (χ2n) is 14.4. The lowest BCUT2D eigenvalue weighted by atomic mass is 9.90. The van der Waals surface area contributed by atoms with Crippen LogP contribution in [-0.4, -0.2) is 48.2 Å². The maximum Gasteiger partial charge on any atom is 0.281 e. The van der Waals surface area contributed by atoms with Crippen LogP contribution in [0.1, 0.15) is 101 Å². The van der Waals surface area contributed by atoms with Crippen LogP contribution in [0.25, 0.3) is 0 Å². The first-order valence-electron chi connectivity index (χ1n) is 16.4. The zero-order valence-electron chi connectivity index (χ0n) is 27.7. The van der Waals surface area contributed by atoms with E-state index in [0.29, 0.717) is 36.9 Å². The van der Waals surface area contributed by atoms with E-state index in [1.807, 2.05) is 30.3 Å². The molecule has 2 atom stereocenters. The fourth-order valence-electron chi connectivity index (χ4n) is 6.61. The third-order valence-corrected chi connectivity index (χ3v) is 10.4. The normalized spacial score (nSPS) is 20.9. The van der Waals surface area contributed by atoms with E-state index in [2.05, 4.69) is 54.5 Å². The summed E-state index contributed by atoms with van der Waals surface area (Å²) in [5.41, 5.74) is 1.67. The average Bonchev–Trinajstić information content (AvgIpc) is 3.31. The monoisotopic (exact) mass is 645 g/mol. The second kappa shape index (κ2) is 13.5. The number of sulfonamides is 1. The molecule has 246 valence electrons. The van der Waals surface area contributed by atoms with Crippen LogP contribution in [0.2, 0.25) is 0 Å². The lowest BCUT2D eigenvalue weighted by Crippen LogP contribution is -2.41. The fourth-order valence-corrected chi connectivity index (χ4v) is 7.54. The van der Waals surface area contributed by atoms with Gasteiger partial charge in [0.1, 0.15) is 17.4 Å². The standard InChI is InChI=1S/C36H47N5O4S/c1-35(2,3)30-22-21-29-33(38-30)41-24-26(23-36(41,4)5)17-19-27(13-9-14-28(42)20-18-25-11-7-6-8-12-25)37-31-15-10-16-32(39-31)46(44,45)40-34(29)43/h6-8,10-12,15-16,21-22,26-27H,9,13-14,17-20,23-24H2,1-5H3,(H,37,39)(H,40,43)/t26-,27?/m0/s1. The summed E-state index contributed by atoms with van der Waals surface area (Å²) in [6.45, 7) is 11.2. The molecule has 1 unspecified atom stereocenters. The minimum atomic E-state index is -4.27. The van der Waals surface area contributed by atoms with Crippen LogP contribution in [0.3, 0.4) is 0 Å². The summed E-state index contributed by atoms with van der Waals surface area (Å²) < 4.78 is 29.1. The van der Waals surface area contributed by atoms with Crippen molar-refractivity contribution in [3.8, 4) is 0 Å². The van der Waals surface area contributed by atoms with Crippen molar-refractivity contribution in [2.75, 3.05) is 16.8 Å². The molecule has 0 radical (unpaired) electrons. The zero-order valence-corrected chi connectivity index (χ0v) is 28.5. The Bertz CT molecular complexity index is 1670. The van der Waals surface area contributed by atoms with Gasteiger partial charge >= 0.3 is 0 Å². The number of aryl methyl sites for hydroxylation is 1. The van der Waals surface area contributed by atoms with Crippen LogP contribution in [0, 0.1) is 5.92 Å². The van der Waals surface area contributed by atoms with Gasteiger partial charge in [0.15, 0.2) is 5.03 Å². The number of amides is 1. The molecule has 0 spiro atoms. The second-order valence-corrected chi connectivity index (χ2v) is 16.1. The van der Waals surface area contributed by atoms with Crippen molar-refractivity contribution in [3.63, 3.8) is 0 Å². The molecule has 2 N–H and O–H groups in total. The van der Waals surface area contributed by atoms with Crippen LogP contribution in [0.4, 0.5) is 11.6 Å². The molecule has 4 bridgehead atoms. The topological polar surface area (TPSA) is 121 Å². The maximum atomic E-state index is 13.6. The van der Waals surface area contributed by atoms with E-state index in [1.54, 1.807) is 24.3 Å². The minimum absolute atomic E-state index is 0.00200. The summed E-state index contributed by atoms with van der Waals surface area (Å²) in [6, 6.07) is 18.3. The number of ketones is 1. The van der Waals surface area contributed by atoms with Gasteiger partial charge in [0.25, 0.3) is 15.9 Å². The molecule has 10 heteroatoms. The lowest BCUT2D eigenvalue weighted by Gasteiger charge is -2.34. The van der Waals surface area contributed by atoms with Gasteiger partial charge in [-0.15, -0.1) is 0 Å². The van der Waals surface area contributed by atoms with Gasteiger partial charge in [-0.05, 0) is 88.1 Å². The van der Waals surface area contributed by atoms with Gasteiger partial charge in [0.2, 0.25) is 0 Å². The van der Waals surface area contributed by atoms with Crippen molar-refractivity contribution in [1.82, 2.24) is 14.7 Å². The predicted octanol–water partition coefficient (Wildman–Crippen LogP) is 6.44. The van der Waals surface area contributed by atoms with Crippen molar-refractivity contribution >= 4 is 33.3 Å². The SMILES string of the molecule is CC(C)(C)c1ccc2c(n1)N1C[C@@H](CCC(CCCC(=O)CCc3ccccc3)Nc3cccc(n3)S(=O)(=O)NC2=O)CC1(C)C. The number of anilines is 2. The number of pyridine rings is 2. The fraction of sp³-hybridized carbons (Fsp3) is 0.500. The molecule has 0 aliphatic carbocycles. The summed E-state index contributed by atoms with van der Waals surface area (Å²) in [5, 5.41) is 3.23. The minimum Gasteiger partial charge on any atom is -0.367 e. The Morgan fingerprint density at radius 1 is 0.978 bits per heavy atom. The number of Topliss-reactive ketones (excluding diaryl/α,β-unsaturated/α-hetero) is 1. The van der Waals surface area contributed by atoms with E-state index in [9.17, 15) is 18.0 Å². The highest BCUT2D eigenvalue weighted by Gasteiger charge is 2.41. The molecule has 9 nitrogen and oxygen atoms in total. The number of fused-ring (bicyclic) bond motifs is 6. The number of nitrogens with one attached hydrogen (secondary N) is 2. The van der Waals surface area contributed by atoms with Crippen molar-refractivity contribution < 1.29 is 18.0 Å². The molecule has 1 saturated heterocycles. The molecule has 3 aromatic rings. The first kappa shape index (κ1) is 33.6. The first-order chi connectivity index (χ1) is 21.7. The Labute approximate surface area is 273 Å². The van der Waals surface area contributed by atoms with E-state index < -0.39 is 15.9 Å². The Morgan fingerprint density at radius 3 is 2.48 bits per heavy atom. The molecular weight excluding hydrogens is 598 g/mol. The highest BCUT2D eigenvalue weighted by atomic mass is 32.2. The van der Waals surface area contributed by atoms with Crippen molar-refractivity contribution in [2.24, 2.45) is 5.92 Å². The van der Waals surface area contributed by atoms with Gasteiger partial charge in [-0.25, -0.2) is 14.7 Å². The third-order valence-electron chi connectivity index (χ3n) is 9.15. The van der Waals surface area contributed by atoms with Gasteiger partial charge in [-0.3, -0.25) is 9.59 Å². The quantitative estimate of drug-likeness (QED) is 0.301. The van der Waals surface area contributed by atoms with Crippen LogP contribution >= 0.6 is 0 Å². The number of carbonyl (C=O) groups excluding carboxylic acids is 2. The molecule has 2 aromatic heterocycles. The first-order valence-corrected chi connectivity index (χ1v) is 17.9. The van der Waals surface area contributed by atoms with Crippen LogP contribution < -0.4 is 14.9 Å². The number of hydrogen-bond acceptors (Lipinski definition) is 8. The summed E-state index contributed by atoms with van der Waals surface area (Å²) in [4.78, 5) is 37.9. The van der Waals surface area contributed by atoms with Crippen molar-refractivity contribution in [1.29, 1.82) is 0 Å². The van der Waals surface area contributed by atoms with Gasteiger partial charge in [0.05, 0.1) is 5.56 Å². The number of benzene rings is 1. The molecule has 1 amide bonds. The number of aromatic nitrogens is 2. The molecule has 0 saturated carbocycles. The number of rotatable bonds is 7. The summed E-state index contributed by atoms with van der Waals surface area (Å²) >= 11 is 0. The summed E-state index contributed by atoms with van der Waals surface area (Å²) in [5.74, 6) is 0.795. The predicted molar refractivity (Wildman–Crippen MR) is 182 cm³/mol. The van der Waals surface area contributed by atoms with Crippen LogP contribution in [0.5, 0.6) is 0 Å². The molecule has 2 aliphatic heterocycles. The lowest BCUT2D eigenvalue weighted by molar-refractivity contribution is -0.119. The third kappa shape index (κ3) is 8.13. The van der Waals surface area contributed by atoms with Crippen molar-refractivity contribution in [3.05, 3.63) is 77.5 Å². The highest BCUT2D eigenvalue weighted by Crippen LogP contribution is 2.40. The van der Waals surface area contributed by atoms with Crippen LogP contribution in [-0.2, 0) is 26.7 Å². The molecule has 46 heavy (non-hydrogen) atoms. The molecule has 1 aromatic carbocycles. The summed E-state index contributed by atoms with van der Waals surface area (Å²) in [7, 11) is -4.27. The number of carbonyl (C=O) groups is 2. The smallest absolute Gasteiger partial charge is 0.281 e. The summed E-state index contributed by atoms with van der Waals surface area (Å²) in [6.07, 6.45) is 5.93. The Morgan fingerprint density at radius 2 is 1.74 bits per heavy atom. The number of hydrogen-bond donors (Lipinski definition) is 2. The van der Waals surface area contributed by atoms with E-state index in [1.165, 1.54) is 6.07 Å². The van der Waals surface area contributed by atoms with E-state index in [0.717, 1.165) is 49.8 Å². The molecule has 4 heterocycles. The van der Waals surface area contributed by atoms with Gasteiger partial charge in [-0.1, -0.05) is 57.2 Å². The average molecular weight is 646 g/mol. The molecule has 1 fully saturated rings. The van der Waals surface area contributed by atoms with E-state index >= 15 is 0 Å². The molecular formula is C36H47N5O4S. The largest absolute Gasteiger partial charge is 0.367 e. The van der Waals surface area contributed by atoms with Gasteiger partial charge in [-0.2, -0.15) is 8.42 Å². The molecule has 2 aliphatic rings.